The molecule has 2 N–H and O–H groups in total. The Bertz CT molecular complexity index is 826. The Balaban J connectivity index is 1.74. The van der Waals surface area contributed by atoms with E-state index in [1.807, 2.05) is 18.3 Å². The number of nitrogen functional groups attached to an aromatic ring is 1. The van der Waals surface area contributed by atoms with Crippen molar-refractivity contribution in [1.82, 2.24) is 9.61 Å². The van der Waals surface area contributed by atoms with Crippen LogP contribution in [0.15, 0.2) is 48.8 Å². The lowest BCUT2D eigenvalue weighted by molar-refractivity contribution is 0.618. The summed E-state index contributed by atoms with van der Waals surface area (Å²) in [6.45, 7) is 0.964. The summed E-state index contributed by atoms with van der Waals surface area (Å²) >= 11 is 0. The number of hydrogen-bond acceptors (Lipinski definition) is 3. The second-order valence-corrected chi connectivity index (χ2v) is 5.72. The van der Waals surface area contributed by atoms with Crippen molar-refractivity contribution < 1.29 is 4.39 Å². The van der Waals surface area contributed by atoms with E-state index in [2.05, 4.69) is 16.1 Å². The molecule has 1 aromatic carbocycles. The highest BCUT2D eigenvalue weighted by Gasteiger charge is 2.26. The van der Waals surface area contributed by atoms with E-state index in [1.165, 1.54) is 6.07 Å². The van der Waals surface area contributed by atoms with E-state index in [1.54, 1.807) is 22.8 Å². The van der Waals surface area contributed by atoms with Crippen molar-refractivity contribution in [2.45, 2.75) is 18.9 Å². The number of nitrogens with zero attached hydrogens (tertiary/aromatic N) is 3. The Morgan fingerprint density at radius 2 is 2.14 bits per heavy atom. The summed E-state index contributed by atoms with van der Waals surface area (Å²) < 4.78 is 15.3. The van der Waals surface area contributed by atoms with E-state index in [0.29, 0.717) is 5.69 Å². The predicted molar refractivity (Wildman–Crippen MR) is 85.3 cm³/mol. The number of aromatic nitrogens is 2. The molecule has 3 aromatic rings. The standard InChI is InChI=1S/C17H17FN4/c18-13-4-1-3-12(9-13)16-5-2-7-21(16)14-6-8-22-17(10-14)15(19)11-20-22/h1,3-4,6,8-11,16H,2,5,7,19H2/t16-/m1/s1. The van der Waals surface area contributed by atoms with Crippen LogP contribution in [0.1, 0.15) is 24.4 Å². The molecule has 22 heavy (non-hydrogen) atoms. The van der Waals surface area contributed by atoms with Crippen molar-refractivity contribution >= 4 is 16.9 Å². The fourth-order valence-electron chi connectivity index (χ4n) is 3.30. The Kier molecular flexibility index (Phi) is 2.99. The molecule has 5 heteroatoms. The molecule has 0 bridgehead atoms. The van der Waals surface area contributed by atoms with Gasteiger partial charge in [-0.1, -0.05) is 12.1 Å². The van der Waals surface area contributed by atoms with Gasteiger partial charge < -0.3 is 10.6 Å². The number of nitrogens with two attached hydrogens (primary N) is 1. The number of pyridine rings is 1. The van der Waals surface area contributed by atoms with Gasteiger partial charge in [0.25, 0.3) is 0 Å². The van der Waals surface area contributed by atoms with Crippen LogP contribution in [-0.2, 0) is 0 Å². The van der Waals surface area contributed by atoms with Crippen molar-refractivity contribution in [3.63, 3.8) is 0 Å². The quantitative estimate of drug-likeness (QED) is 0.788. The van der Waals surface area contributed by atoms with E-state index in [-0.39, 0.29) is 11.9 Å². The molecule has 0 radical (unpaired) electrons. The van der Waals surface area contributed by atoms with Crippen molar-refractivity contribution in [1.29, 1.82) is 0 Å². The van der Waals surface area contributed by atoms with Crippen LogP contribution in [-0.4, -0.2) is 16.2 Å². The average molecular weight is 296 g/mol. The Morgan fingerprint density at radius 3 is 3.00 bits per heavy atom. The highest BCUT2D eigenvalue weighted by atomic mass is 19.1. The van der Waals surface area contributed by atoms with Gasteiger partial charge in [-0.15, -0.1) is 0 Å². The van der Waals surface area contributed by atoms with Gasteiger partial charge in [0, 0.05) is 18.4 Å². The first-order valence-corrected chi connectivity index (χ1v) is 7.47. The van der Waals surface area contributed by atoms with Crippen molar-refractivity contribution in [3.05, 3.63) is 60.2 Å². The third kappa shape index (κ3) is 2.09. The molecule has 4 nitrogen and oxygen atoms in total. The molecule has 112 valence electrons. The summed E-state index contributed by atoms with van der Waals surface area (Å²) in [5.41, 5.74) is 9.66. The van der Waals surface area contributed by atoms with E-state index in [9.17, 15) is 4.39 Å². The van der Waals surface area contributed by atoms with E-state index >= 15 is 0 Å². The lowest BCUT2D eigenvalue weighted by Crippen LogP contribution is -2.22. The Hall–Kier alpha value is -2.56. The van der Waals surface area contributed by atoms with Gasteiger partial charge in [0.1, 0.15) is 5.82 Å². The van der Waals surface area contributed by atoms with Crippen LogP contribution in [0, 0.1) is 5.82 Å². The minimum Gasteiger partial charge on any atom is -0.396 e. The molecule has 1 aliphatic heterocycles. The molecule has 1 fully saturated rings. The van der Waals surface area contributed by atoms with Crippen LogP contribution >= 0.6 is 0 Å². The van der Waals surface area contributed by atoms with Crippen LogP contribution in [0.3, 0.4) is 0 Å². The summed E-state index contributed by atoms with van der Waals surface area (Å²) in [6.07, 6.45) is 5.71. The fraction of sp³-hybridized carbons (Fsp3) is 0.235. The first kappa shape index (κ1) is 13.1. The van der Waals surface area contributed by atoms with Crippen LogP contribution in [0.25, 0.3) is 5.52 Å². The van der Waals surface area contributed by atoms with E-state index in [0.717, 1.165) is 36.2 Å². The molecule has 2 aromatic heterocycles. The molecule has 1 saturated heterocycles. The van der Waals surface area contributed by atoms with Gasteiger partial charge in [0.2, 0.25) is 0 Å². The van der Waals surface area contributed by atoms with Crippen LogP contribution < -0.4 is 10.6 Å². The van der Waals surface area contributed by atoms with E-state index in [4.69, 9.17) is 5.73 Å². The normalized spacial score (nSPS) is 18.2. The second-order valence-electron chi connectivity index (χ2n) is 5.72. The molecule has 4 rings (SSSR count). The summed E-state index contributed by atoms with van der Waals surface area (Å²) in [6, 6.07) is 11.2. The van der Waals surface area contributed by atoms with Gasteiger partial charge >= 0.3 is 0 Å². The maximum absolute atomic E-state index is 13.5. The lowest BCUT2D eigenvalue weighted by atomic mass is 10.0. The van der Waals surface area contributed by atoms with Crippen LogP contribution in [0.4, 0.5) is 15.8 Å². The van der Waals surface area contributed by atoms with Gasteiger partial charge in [-0.2, -0.15) is 5.10 Å². The molecule has 0 amide bonds. The van der Waals surface area contributed by atoms with Gasteiger partial charge in [-0.25, -0.2) is 8.91 Å². The first-order valence-electron chi connectivity index (χ1n) is 7.47. The van der Waals surface area contributed by atoms with Gasteiger partial charge in [0.15, 0.2) is 0 Å². The van der Waals surface area contributed by atoms with Crippen molar-refractivity contribution in [3.8, 4) is 0 Å². The molecule has 0 spiro atoms. The van der Waals surface area contributed by atoms with Crippen molar-refractivity contribution in [2.24, 2.45) is 0 Å². The molecule has 0 unspecified atom stereocenters. The lowest BCUT2D eigenvalue weighted by Gasteiger charge is -2.27. The van der Waals surface area contributed by atoms with Gasteiger partial charge in [-0.3, -0.25) is 0 Å². The number of anilines is 2. The first-order chi connectivity index (χ1) is 10.7. The maximum Gasteiger partial charge on any atom is 0.123 e. The third-order valence-corrected chi connectivity index (χ3v) is 4.35. The van der Waals surface area contributed by atoms with E-state index < -0.39 is 0 Å². The number of rotatable bonds is 2. The van der Waals surface area contributed by atoms with Crippen LogP contribution in [0.5, 0.6) is 0 Å². The Labute approximate surface area is 128 Å². The molecule has 1 atom stereocenters. The Morgan fingerprint density at radius 1 is 1.23 bits per heavy atom. The second kappa shape index (κ2) is 5.02. The number of fused-ring (bicyclic) bond motifs is 1. The molecule has 0 aliphatic carbocycles. The fourth-order valence-corrected chi connectivity index (χ4v) is 3.30. The predicted octanol–water partition coefficient (Wildman–Crippen LogP) is 3.40. The maximum atomic E-state index is 13.5. The minimum absolute atomic E-state index is 0.181. The number of benzene rings is 1. The molecule has 0 saturated carbocycles. The van der Waals surface area contributed by atoms with Crippen LogP contribution in [0.2, 0.25) is 0 Å². The molecule has 3 heterocycles. The summed E-state index contributed by atoms with van der Waals surface area (Å²) in [4.78, 5) is 2.32. The minimum atomic E-state index is -0.181. The summed E-state index contributed by atoms with van der Waals surface area (Å²) in [5, 5.41) is 4.20. The largest absolute Gasteiger partial charge is 0.396 e. The monoisotopic (exact) mass is 296 g/mol. The molecular formula is C17H17FN4. The zero-order valence-corrected chi connectivity index (χ0v) is 12.1. The average Bonchev–Trinajstić information content (AvgIpc) is 3.14. The summed E-state index contributed by atoms with van der Waals surface area (Å²) in [7, 11) is 0. The third-order valence-electron chi connectivity index (χ3n) is 4.35. The van der Waals surface area contributed by atoms with Gasteiger partial charge in [-0.05, 0) is 42.7 Å². The highest BCUT2D eigenvalue weighted by molar-refractivity contribution is 5.73. The molecular weight excluding hydrogens is 279 g/mol. The summed E-state index contributed by atoms with van der Waals surface area (Å²) in [5.74, 6) is -0.181. The zero-order chi connectivity index (χ0) is 15.1. The highest BCUT2D eigenvalue weighted by Crippen LogP contribution is 2.36. The number of hydrogen-bond donors (Lipinski definition) is 1. The van der Waals surface area contributed by atoms with Crippen molar-refractivity contribution in [2.75, 3.05) is 17.2 Å². The SMILES string of the molecule is Nc1cnn2ccc(N3CCC[C@@H]3c3cccc(F)c3)cc12. The topological polar surface area (TPSA) is 46.6 Å². The van der Waals surface area contributed by atoms with Gasteiger partial charge in [0.05, 0.1) is 23.4 Å². The number of halogens is 1. The smallest absolute Gasteiger partial charge is 0.123 e. The zero-order valence-electron chi connectivity index (χ0n) is 12.1. The molecule has 1 aliphatic rings.